The van der Waals surface area contributed by atoms with Crippen LogP contribution in [0, 0.1) is 0 Å². The summed E-state index contributed by atoms with van der Waals surface area (Å²) in [7, 11) is 3.89. The Hall–Kier alpha value is -2.04. The number of allylic oxidation sites excluding steroid dienone is 2. The van der Waals surface area contributed by atoms with E-state index in [1.54, 1.807) is 13.0 Å². The van der Waals surface area contributed by atoms with Crippen molar-refractivity contribution in [2.45, 2.75) is 13.8 Å². The smallest absolute Gasteiger partial charge is 0.396 e. The average Bonchev–Trinajstić information content (AvgIpc) is 2.29. The molecule has 0 fully saturated rings. The van der Waals surface area contributed by atoms with Gasteiger partial charge in [-0.2, -0.15) is 4.98 Å². The van der Waals surface area contributed by atoms with Gasteiger partial charge in [-0.25, -0.2) is 4.79 Å². The number of hydrogen-bond donors (Lipinski definition) is 0. The number of hydrogen-bond acceptors (Lipinski definition) is 5. The van der Waals surface area contributed by atoms with Gasteiger partial charge in [0.25, 0.3) is 0 Å². The van der Waals surface area contributed by atoms with E-state index in [2.05, 4.69) is 4.98 Å². The maximum atomic E-state index is 11.3. The van der Waals surface area contributed by atoms with E-state index in [1.165, 1.54) is 6.07 Å². The van der Waals surface area contributed by atoms with E-state index in [0.717, 1.165) is 5.70 Å². The maximum Gasteiger partial charge on any atom is 0.396 e. The Kier molecular flexibility index (Phi) is 5.17. The van der Waals surface area contributed by atoms with Gasteiger partial charge in [0.2, 0.25) is 0 Å². The quantitative estimate of drug-likeness (QED) is 0.747. The highest BCUT2D eigenvalue weighted by Crippen LogP contribution is 2.08. The molecule has 1 aromatic rings. The fourth-order valence-electron chi connectivity index (χ4n) is 1.34. The number of ether oxygens (including phenoxy) is 1. The van der Waals surface area contributed by atoms with Crippen LogP contribution in [0.2, 0.25) is 0 Å². The highest BCUT2D eigenvalue weighted by Gasteiger charge is 2.02. The van der Waals surface area contributed by atoms with Crippen LogP contribution in [-0.2, 0) is 0 Å². The molecule has 0 saturated carbocycles. The minimum absolute atomic E-state index is 0.00321. The predicted molar refractivity (Wildman–Crippen MR) is 70.4 cm³/mol. The molecule has 1 rings (SSSR count). The van der Waals surface area contributed by atoms with Crippen LogP contribution in [0.25, 0.3) is 6.08 Å². The van der Waals surface area contributed by atoms with Gasteiger partial charge in [-0.3, -0.25) is 0 Å². The molecular formula is C13H18N2O3. The first-order chi connectivity index (χ1) is 8.56. The van der Waals surface area contributed by atoms with Crippen LogP contribution < -0.4 is 10.4 Å². The minimum atomic E-state index is -0.472. The average molecular weight is 250 g/mol. The lowest BCUT2D eigenvalue weighted by atomic mass is 10.3. The van der Waals surface area contributed by atoms with Crippen molar-refractivity contribution in [2.75, 3.05) is 20.7 Å². The van der Waals surface area contributed by atoms with E-state index >= 15 is 0 Å². The highest BCUT2D eigenvalue weighted by atomic mass is 16.6. The van der Waals surface area contributed by atoms with Crippen molar-refractivity contribution in [3.8, 4) is 6.08 Å². The van der Waals surface area contributed by atoms with Crippen molar-refractivity contribution in [3.63, 3.8) is 0 Å². The molecule has 0 bridgehead atoms. The van der Waals surface area contributed by atoms with Gasteiger partial charge in [-0.05, 0) is 26.0 Å². The summed E-state index contributed by atoms with van der Waals surface area (Å²) >= 11 is 0. The molecule has 18 heavy (non-hydrogen) atoms. The monoisotopic (exact) mass is 250 g/mol. The summed E-state index contributed by atoms with van der Waals surface area (Å²) in [5.41, 5.74) is 1.05. The fraction of sp³-hybridized carbons (Fsp3) is 0.385. The lowest BCUT2D eigenvalue weighted by Crippen LogP contribution is -2.09. The molecule has 0 atom stereocenters. The first-order valence-electron chi connectivity index (χ1n) is 5.73. The molecule has 0 aliphatic carbocycles. The van der Waals surface area contributed by atoms with Gasteiger partial charge in [-0.15, -0.1) is 0 Å². The molecule has 0 unspecified atom stereocenters. The third kappa shape index (κ3) is 4.08. The normalized spacial score (nSPS) is 11.9. The van der Waals surface area contributed by atoms with Crippen LogP contribution in [0.3, 0.4) is 0 Å². The zero-order valence-corrected chi connectivity index (χ0v) is 11.1. The third-order valence-corrected chi connectivity index (χ3v) is 2.18. The van der Waals surface area contributed by atoms with Crippen molar-refractivity contribution < 1.29 is 9.15 Å². The van der Waals surface area contributed by atoms with E-state index in [0.29, 0.717) is 12.3 Å². The first kappa shape index (κ1) is 14.0. The summed E-state index contributed by atoms with van der Waals surface area (Å²) in [6.07, 6.45) is 5.58. The predicted octanol–water partition coefficient (Wildman–Crippen LogP) is 1.91. The van der Waals surface area contributed by atoms with Gasteiger partial charge in [0.1, 0.15) is 0 Å². The second-order valence-corrected chi connectivity index (χ2v) is 3.74. The molecule has 0 spiro atoms. The molecular weight excluding hydrogens is 232 g/mol. The summed E-state index contributed by atoms with van der Waals surface area (Å²) < 4.78 is 9.86. The summed E-state index contributed by atoms with van der Waals surface area (Å²) in [5.74, 6) is 0. The van der Waals surface area contributed by atoms with Crippen LogP contribution >= 0.6 is 0 Å². The van der Waals surface area contributed by atoms with Crippen LogP contribution in [0.4, 0.5) is 0 Å². The van der Waals surface area contributed by atoms with E-state index in [9.17, 15) is 4.79 Å². The minimum Gasteiger partial charge on any atom is -0.450 e. The van der Waals surface area contributed by atoms with E-state index in [1.807, 2.05) is 38.1 Å². The van der Waals surface area contributed by atoms with Crippen molar-refractivity contribution in [3.05, 3.63) is 40.0 Å². The number of nitrogens with zero attached hydrogens (tertiary/aromatic N) is 2. The van der Waals surface area contributed by atoms with Gasteiger partial charge < -0.3 is 14.1 Å². The molecule has 0 radical (unpaired) electrons. The Morgan fingerprint density at radius 2 is 2.28 bits per heavy atom. The number of likely N-dealkylation sites (N-methyl/N-ethyl adjacent to an activating group) is 1. The van der Waals surface area contributed by atoms with Crippen LogP contribution in [-0.4, -0.2) is 30.6 Å². The van der Waals surface area contributed by atoms with Crippen LogP contribution in [0.5, 0.6) is 6.08 Å². The Bertz CT molecular complexity index is 501. The van der Waals surface area contributed by atoms with Gasteiger partial charge in [0.15, 0.2) is 0 Å². The molecule has 0 N–H and O–H groups in total. The molecule has 98 valence electrons. The van der Waals surface area contributed by atoms with Crippen LogP contribution in [0.1, 0.15) is 19.5 Å². The van der Waals surface area contributed by atoms with Crippen molar-refractivity contribution in [1.29, 1.82) is 0 Å². The molecule has 1 aromatic heterocycles. The summed E-state index contributed by atoms with van der Waals surface area (Å²) in [6.45, 7) is 4.15. The summed E-state index contributed by atoms with van der Waals surface area (Å²) in [5, 5.41) is 0. The topological polar surface area (TPSA) is 55.6 Å². The molecule has 5 heteroatoms. The molecule has 0 amide bonds. The molecule has 0 aliphatic heterocycles. The lowest BCUT2D eigenvalue weighted by Gasteiger charge is -2.12. The Morgan fingerprint density at radius 1 is 1.56 bits per heavy atom. The Balaban J connectivity index is 2.97. The Morgan fingerprint density at radius 3 is 2.83 bits per heavy atom. The SMILES string of the molecule is C/C=C(\C=C/c1cc(=O)oc(OCC)n1)N(C)C. The van der Waals surface area contributed by atoms with Crippen molar-refractivity contribution in [2.24, 2.45) is 0 Å². The summed E-state index contributed by atoms with van der Waals surface area (Å²) in [6, 6.07) is 1.32. The van der Waals surface area contributed by atoms with Gasteiger partial charge in [0, 0.05) is 25.9 Å². The molecule has 1 heterocycles. The highest BCUT2D eigenvalue weighted by molar-refractivity contribution is 5.48. The summed E-state index contributed by atoms with van der Waals surface area (Å²) in [4.78, 5) is 17.3. The van der Waals surface area contributed by atoms with E-state index in [4.69, 9.17) is 9.15 Å². The second kappa shape index (κ2) is 6.64. The van der Waals surface area contributed by atoms with Gasteiger partial charge in [0.05, 0.1) is 12.3 Å². The Labute approximate surface area is 106 Å². The zero-order chi connectivity index (χ0) is 13.5. The van der Waals surface area contributed by atoms with E-state index < -0.39 is 5.63 Å². The van der Waals surface area contributed by atoms with Crippen molar-refractivity contribution >= 4 is 6.08 Å². The zero-order valence-electron chi connectivity index (χ0n) is 11.1. The fourth-order valence-corrected chi connectivity index (χ4v) is 1.34. The lowest BCUT2D eigenvalue weighted by molar-refractivity contribution is 0.226. The first-order valence-corrected chi connectivity index (χ1v) is 5.73. The molecule has 0 saturated heterocycles. The van der Waals surface area contributed by atoms with Gasteiger partial charge in [-0.1, -0.05) is 6.08 Å². The standard InChI is InChI=1S/C13H18N2O3/c1-5-11(15(3)4)8-7-10-9-12(16)18-13(14-10)17-6-2/h5,7-9H,6H2,1-4H3/b8-7-,11-5+. The number of rotatable bonds is 5. The molecule has 5 nitrogen and oxygen atoms in total. The molecule has 0 aliphatic rings. The van der Waals surface area contributed by atoms with E-state index in [-0.39, 0.29) is 6.08 Å². The number of aromatic nitrogens is 1. The van der Waals surface area contributed by atoms with Crippen LogP contribution in [0.15, 0.2) is 33.1 Å². The molecule has 0 aromatic carbocycles. The second-order valence-electron chi connectivity index (χ2n) is 3.74. The maximum absolute atomic E-state index is 11.3. The van der Waals surface area contributed by atoms with Crippen molar-refractivity contribution in [1.82, 2.24) is 9.88 Å². The third-order valence-electron chi connectivity index (χ3n) is 2.18. The van der Waals surface area contributed by atoms with Gasteiger partial charge >= 0.3 is 11.7 Å². The largest absolute Gasteiger partial charge is 0.450 e.